The number of halogens is 3. The van der Waals surface area contributed by atoms with Gasteiger partial charge in [-0.25, -0.2) is 0 Å². The number of hydrogen-bond donors (Lipinski definition) is 2. The van der Waals surface area contributed by atoms with Gasteiger partial charge in [0.05, 0.1) is 6.10 Å². The first-order valence-corrected chi connectivity index (χ1v) is 6.96. The lowest BCUT2D eigenvalue weighted by atomic mass is 10.2. The first kappa shape index (κ1) is 16.3. The Morgan fingerprint density at radius 3 is 2.42 bits per heavy atom. The Bertz CT molecular complexity index is 367. The van der Waals surface area contributed by atoms with Crippen LogP contribution in [0.5, 0.6) is 0 Å². The van der Waals surface area contributed by atoms with Crippen molar-refractivity contribution >= 4 is 11.8 Å². The van der Waals surface area contributed by atoms with E-state index in [1.165, 1.54) is 12.1 Å². The summed E-state index contributed by atoms with van der Waals surface area (Å²) in [4.78, 5) is 0.183. The minimum Gasteiger partial charge on any atom is -0.392 e. The summed E-state index contributed by atoms with van der Waals surface area (Å²) in [6.07, 6.45) is 1.30. The van der Waals surface area contributed by atoms with E-state index in [1.807, 2.05) is 6.92 Å². The van der Waals surface area contributed by atoms with Crippen molar-refractivity contribution in [3.63, 3.8) is 0 Å². The maximum atomic E-state index is 12.1. The predicted octanol–water partition coefficient (Wildman–Crippen LogP) is 3.55. The molecule has 6 heteroatoms. The average molecular weight is 293 g/mol. The fraction of sp³-hybridized carbons (Fsp3) is 0.538. The van der Waals surface area contributed by atoms with E-state index in [9.17, 15) is 18.3 Å². The van der Waals surface area contributed by atoms with Gasteiger partial charge in [-0.15, -0.1) is 0 Å². The molecular weight excluding hydrogens is 275 g/mol. The topological polar surface area (TPSA) is 32.3 Å². The molecule has 0 aromatic heterocycles. The molecule has 1 aromatic carbocycles. The van der Waals surface area contributed by atoms with Gasteiger partial charge in [-0.1, -0.05) is 25.5 Å². The van der Waals surface area contributed by atoms with Crippen molar-refractivity contribution in [3.8, 4) is 0 Å². The number of benzene rings is 1. The van der Waals surface area contributed by atoms with Crippen LogP contribution in [0.3, 0.4) is 0 Å². The quantitative estimate of drug-likeness (QED) is 0.754. The summed E-state index contributed by atoms with van der Waals surface area (Å²) in [5.41, 5.74) is -3.35. The summed E-state index contributed by atoms with van der Waals surface area (Å²) in [7, 11) is 0. The molecule has 2 nitrogen and oxygen atoms in total. The lowest BCUT2D eigenvalue weighted by Gasteiger charge is -2.11. The van der Waals surface area contributed by atoms with E-state index >= 15 is 0 Å². The normalized spacial score (nSPS) is 13.5. The third-order valence-electron chi connectivity index (χ3n) is 2.49. The second-order valence-corrected chi connectivity index (χ2v) is 5.40. The number of aliphatic hydroxyl groups excluding tert-OH is 1. The van der Waals surface area contributed by atoms with Crippen LogP contribution in [0.4, 0.5) is 13.2 Å². The molecule has 1 aromatic rings. The standard InChI is InChI=1S/C13H18F3NOS/c1-2-3-11(18)9-17-8-10-4-6-12(7-5-10)19-13(14,15)16/h4-7,11,17-18H,2-3,8-9H2,1H3. The summed E-state index contributed by atoms with van der Waals surface area (Å²) in [5.74, 6) is 0. The van der Waals surface area contributed by atoms with Crippen LogP contribution in [0, 0.1) is 0 Å². The van der Waals surface area contributed by atoms with Crippen LogP contribution in [0.25, 0.3) is 0 Å². The van der Waals surface area contributed by atoms with E-state index in [0.29, 0.717) is 13.1 Å². The van der Waals surface area contributed by atoms with E-state index in [2.05, 4.69) is 5.32 Å². The van der Waals surface area contributed by atoms with Gasteiger partial charge in [0.1, 0.15) is 0 Å². The summed E-state index contributed by atoms with van der Waals surface area (Å²) in [6, 6.07) is 6.23. The monoisotopic (exact) mass is 293 g/mol. The van der Waals surface area contributed by atoms with Gasteiger partial charge >= 0.3 is 5.51 Å². The summed E-state index contributed by atoms with van der Waals surface area (Å²) < 4.78 is 36.4. The number of aliphatic hydroxyl groups is 1. The van der Waals surface area contributed by atoms with E-state index in [-0.39, 0.29) is 22.8 Å². The summed E-state index contributed by atoms with van der Waals surface area (Å²) in [6.45, 7) is 3.03. The highest BCUT2D eigenvalue weighted by molar-refractivity contribution is 8.00. The Morgan fingerprint density at radius 2 is 1.89 bits per heavy atom. The number of nitrogens with one attached hydrogen (secondary N) is 1. The molecule has 0 aliphatic heterocycles. The second kappa shape index (κ2) is 7.77. The van der Waals surface area contributed by atoms with Crippen molar-refractivity contribution in [2.45, 2.75) is 42.8 Å². The van der Waals surface area contributed by atoms with E-state index in [4.69, 9.17) is 0 Å². The molecule has 0 saturated heterocycles. The zero-order chi connectivity index (χ0) is 14.3. The first-order valence-electron chi connectivity index (χ1n) is 6.14. The highest BCUT2D eigenvalue weighted by Gasteiger charge is 2.28. The molecule has 1 unspecified atom stereocenters. The molecular formula is C13H18F3NOS. The van der Waals surface area contributed by atoms with Crippen molar-refractivity contribution in [1.82, 2.24) is 5.32 Å². The molecule has 108 valence electrons. The van der Waals surface area contributed by atoms with Gasteiger partial charge < -0.3 is 10.4 Å². The molecule has 0 aliphatic rings. The molecule has 0 bridgehead atoms. The summed E-state index contributed by atoms with van der Waals surface area (Å²) >= 11 is -0.116. The molecule has 2 N–H and O–H groups in total. The first-order chi connectivity index (χ1) is 8.90. The Labute approximate surface area is 115 Å². The van der Waals surface area contributed by atoms with Crippen LogP contribution in [0.1, 0.15) is 25.3 Å². The van der Waals surface area contributed by atoms with E-state index < -0.39 is 5.51 Å². The van der Waals surface area contributed by atoms with Crippen molar-refractivity contribution < 1.29 is 18.3 Å². The lowest BCUT2D eigenvalue weighted by molar-refractivity contribution is -0.0328. The van der Waals surface area contributed by atoms with Crippen LogP contribution in [-0.2, 0) is 6.54 Å². The van der Waals surface area contributed by atoms with Crippen LogP contribution >= 0.6 is 11.8 Å². The van der Waals surface area contributed by atoms with Gasteiger partial charge in [0.15, 0.2) is 0 Å². The zero-order valence-electron chi connectivity index (χ0n) is 10.7. The number of thioether (sulfide) groups is 1. The third kappa shape index (κ3) is 7.44. The van der Waals surface area contributed by atoms with Crippen LogP contribution < -0.4 is 5.32 Å². The molecule has 1 rings (SSSR count). The molecule has 0 aliphatic carbocycles. The predicted molar refractivity (Wildman–Crippen MR) is 71.0 cm³/mol. The number of rotatable bonds is 7. The highest BCUT2D eigenvalue weighted by Crippen LogP contribution is 2.36. The van der Waals surface area contributed by atoms with Gasteiger partial charge in [0.25, 0.3) is 0 Å². The minimum atomic E-state index is -4.25. The highest BCUT2D eigenvalue weighted by atomic mass is 32.2. The van der Waals surface area contributed by atoms with E-state index in [1.54, 1.807) is 12.1 Å². The average Bonchev–Trinajstić information content (AvgIpc) is 2.30. The largest absolute Gasteiger partial charge is 0.446 e. The minimum absolute atomic E-state index is 0.116. The van der Waals surface area contributed by atoms with Crippen molar-refractivity contribution in [2.24, 2.45) is 0 Å². The SMILES string of the molecule is CCCC(O)CNCc1ccc(SC(F)(F)F)cc1. The van der Waals surface area contributed by atoms with Crippen molar-refractivity contribution in [1.29, 1.82) is 0 Å². The van der Waals surface area contributed by atoms with Crippen LogP contribution in [-0.4, -0.2) is 23.3 Å². The van der Waals surface area contributed by atoms with Gasteiger partial charge in [-0.05, 0) is 35.9 Å². The smallest absolute Gasteiger partial charge is 0.392 e. The lowest BCUT2D eigenvalue weighted by Crippen LogP contribution is -2.26. The number of alkyl halides is 3. The molecule has 0 radical (unpaired) electrons. The van der Waals surface area contributed by atoms with Gasteiger partial charge in [-0.2, -0.15) is 13.2 Å². The van der Waals surface area contributed by atoms with Gasteiger partial charge in [0.2, 0.25) is 0 Å². The van der Waals surface area contributed by atoms with E-state index in [0.717, 1.165) is 18.4 Å². The molecule has 0 fully saturated rings. The van der Waals surface area contributed by atoms with Gasteiger partial charge in [-0.3, -0.25) is 0 Å². The summed E-state index contributed by atoms with van der Waals surface area (Å²) in [5, 5.41) is 12.6. The maximum Gasteiger partial charge on any atom is 0.446 e. The van der Waals surface area contributed by atoms with Crippen molar-refractivity contribution in [3.05, 3.63) is 29.8 Å². The van der Waals surface area contributed by atoms with Crippen LogP contribution in [0.2, 0.25) is 0 Å². The van der Waals surface area contributed by atoms with Crippen molar-refractivity contribution in [2.75, 3.05) is 6.54 Å². The number of hydrogen-bond acceptors (Lipinski definition) is 3. The van der Waals surface area contributed by atoms with Crippen LogP contribution in [0.15, 0.2) is 29.2 Å². The third-order valence-corrected chi connectivity index (χ3v) is 3.23. The zero-order valence-corrected chi connectivity index (χ0v) is 11.5. The molecule has 0 spiro atoms. The Balaban J connectivity index is 2.36. The second-order valence-electron chi connectivity index (χ2n) is 4.27. The Kier molecular flexibility index (Phi) is 6.68. The van der Waals surface area contributed by atoms with Gasteiger partial charge in [0, 0.05) is 18.0 Å². The Morgan fingerprint density at radius 1 is 1.26 bits per heavy atom. The molecule has 0 heterocycles. The fourth-order valence-electron chi connectivity index (χ4n) is 1.63. The molecule has 19 heavy (non-hydrogen) atoms. The maximum absolute atomic E-state index is 12.1. The molecule has 0 saturated carbocycles. The molecule has 0 amide bonds. The molecule has 1 atom stereocenters. The Hall–Kier alpha value is -0.720. The fourth-order valence-corrected chi connectivity index (χ4v) is 2.17.